The minimum Gasteiger partial charge on any atom is -0.384 e. The number of nitrogens with zero attached hydrogens (tertiary/aromatic N) is 4. The first-order valence-corrected chi connectivity index (χ1v) is 3.94. The molecule has 0 radical (unpaired) electrons. The Hall–Kier alpha value is 0.326. The Morgan fingerprint density at radius 1 is 1.29 bits per heavy atom. The van der Waals surface area contributed by atoms with Gasteiger partial charge < -0.3 is 5.26 Å². The fourth-order valence-electron chi connectivity index (χ4n) is 0.641. The maximum Gasteiger partial charge on any atom is 1.00 e. The van der Waals surface area contributed by atoms with Crippen molar-refractivity contribution in [3.8, 4) is 6.19 Å². The van der Waals surface area contributed by atoms with E-state index in [1.807, 2.05) is 0 Å². The molecule has 0 saturated heterocycles. The summed E-state index contributed by atoms with van der Waals surface area (Å²) in [7, 11) is 0. The van der Waals surface area contributed by atoms with E-state index in [1.54, 1.807) is 12.1 Å². The molecule has 0 aliphatic heterocycles. The van der Waals surface area contributed by atoms with Gasteiger partial charge in [-0.15, -0.1) is 0 Å². The molecule has 0 N–H and O–H groups in total. The van der Waals surface area contributed by atoms with Crippen molar-refractivity contribution in [1.29, 1.82) is 5.26 Å². The van der Waals surface area contributed by atoms with Gasteiger partial charge in [0.2, 0.25) is 0 Å². The van der Waals surface area contributed by atoms with Gasteiger partial charge in [-0.05, 0) is 18.2 Å². The third kappa shape index (κ3) is 4.71. The molecule has 7 heteroatoms. The van der Waals surface area contributed by atoms with Crippen molar-refractivity contribution in [2.24, 2.45) is 10.3 Å². The quantitative estimate of drug-likeness (QED) is 0.333. The Kier molecular flexibility index (Phi) is 7.77. The zero-order valence-electron chi connectivity index (χ0n) is 7.28. The number of nitriles is 1. The van der Waals surface area contributed by atoms with Gasteiger partial charge >= 0.3 is 51.4 Å². The van der Waals surface area contributed by atoms with E-state index < -0.39 is 0 Å². The van der Waals surface area contributed by atoms with Crippen molar-refractivity contribution >= 4 is 28.9 Å². The summed E-state index contributed by atoms with van der Waals surface area (Å²) in [5.74, 6) is 0. The van der Waals surface area contributed by atoms with Crippen LogP contribution in [0.25, 0.3) is 5.43 Å². The van der Waals surface area contributed by atoms with Crippen LogP contribution in [-0.4, -0.2) is 0 Å². The van der Waals surface area contributed by atoms with E-state index >= 15 is 0 Å². The second-order valence-corrected chi connectivity index (χ2v) is 2.80. The van der Waals surface area contributed by atoms with Crippen LogP contribution in [0.2, 0.25) is 10.0 Å². The van der Waals surface area contributed by atoms with E-state index in [0.29, 0.717) is 15.7 Å². The average Bonchev–Trinajstić information content (AvgIpc) is 2.12. The molecule has 0 saturated carbocycles. The maximum absolute atomic E-state index is 8.03. The molecule has 1 aromatic rings. The van der Waals surface area contributed by atoms with Gasteiger partial charge in [0.1, 0.15) is 0 Å². The minimum atomic E-state index is 0. The summed E-state index contributed by atoms with van der Waals surface area (Å²) < 4.78 is 0. The molecule has 0 spiro atoms. The predicted molar refractivity (Wildman–Crippen MR) is 50.0 cm³/mol. The smallest absolute Gasteiger partial charge is 0.384 e. The molecule has 0 aliphatic carbocycles. The minimum absolute atomic E-state index is 0. The van der Waals surface area contributed by atoms with Crippen molar-refractivity contribution in [2.75, 3.05) is 0 Å². The third-order valence-electron chi connectivity index (χ3n) is 1.15. The predicted octanol–water partition coefficient (Wildman–Crippen LogP) is 0.851. The van der Waals surface area contributed by atoms with Crippen molar-refractivity contribution < 1.29 is 51.4 Å². The summed E-state index contributed by atoms with van der Waals surface area (Å²) in [5, 5.41) is 15.7. The second kappa shape index (κ2) is 7.60. The summed E-state index contributed by atoms with van der Waals surface area (Å²) in [5.41, 5.74) is 3.50. The van der Waals surface area contributed by atoms with Crippen molar-refractivity contribution in [1.82, 2.24) is 0 Å². The Bertz CT molecular complexity index is 374. The SMILES string of the molecule is N#C[N-]N=Nc1ccc(Cl)c(Cl)c1.[K+]. The van der Waals surface area contributed by atoms with Crippen LogP contribution in [0.3, 0.4) is 0 Å². The van der Waals surface area contributed by atoms with Gasteiger partial charge in [0.15, 0.2) is 0 Å². The average molecular weight is 253 g/mol. The van der Waals surface area contributed by atoms with Crippen LogP contribution in [0.15, 0.2) is 28.5 Å². The molecule has 0 aliphatic rings. The molecule has 4 nitrogen and oxygen atoms in total. The Morgan fingerprint density at radius 2 is 2.00 bits per heavy atom. The van der Waals surface area contributed by atoms with Gasteiger partial charge in [0.25, 0.3) is 0 Å². The number of halogens is 2. The maximum atomic E-state index is 8.03. The number of hydrogen-bond acceptors (Lipinski definition) is 3. The van der Waals surface area contributed by atoms with Gasteiger partial charge in [-0.2, -0.15) is 5.22 Å². The molecular weight excluding hydrogens is 250 g/mol. The van der Waals surface area contributed by atoms with E-state index in [9.17, 15) is 0 Å². The van der Waals surface area contributed by atoms with E-state index in [0.717, 1.165) is 0 Å². The van der Waals surface area contributed by atoms with Crippen LogP contribution in [0.5, 0.6) is 0 Å². The summed E-state index contributed by atoms with van der Waals surface area (Å²) in [4.78, 5) is 0. The molecule has 0 aromatic heterocycles. The fourth-order valence-corrected chi connectivity index (χ4v) is 0.934. The van der Waals surface area contributed by atoms with Crippen LogP contribution >= 0.6 is 23.2 Å². The number of rotatable bonds is 2. The second-order valence-electron chi connectivity index (χ2n) is 1.99. The molecule has 0 fully saturated rings. The molecule has 1 aromatic carbocycles. The largest absolute Gasteiger partial charge is 1.00 e. The first kappa shape index (κ1) is 14.3. The van der Waals surface area contributed by atoms with Crippen LogP contribution in [-0.2, 0) is 0 Å². The third-order valence-corrected chi connectivity index (χ3v) is 1.89. The molecule has 0 bridgehead atoms. The van der Waals surface area contributed by atoms with Crippen LogP contribution in [0.1, 0.15) is 0 Å². The van der Waals surface area contributed by atoms with E-state index in [4.69, 9.17) is 28.5 Å². The fraction of sp³-hybridized carbons (Fsp3) is 0. The Labute approximate surface area is 134 Å². The molecule has 66 valence electrons. The molecule has 0 heterocycles. The van der Waals surface area contributed by atoms with Crippen LogP contribution < -0.4 is 51.4 Å². The van der Waals surface area contributed by atoms with Crippen molar-refractivity contribution in [3.63, 3.8) is 0 Å². The van der Waals surface area contributed by atoms with Gasteiger partial charge in [0.05, 0.1) is 10.0 Å². The summed E-state index contributed by atoms with van der Waals surface area (Å²) >= 11 is 11.4. The van der Waals surface area contributed by atoms with Gasteiger partial charge in [-0.1, -0.05) is 23.2 Å². The van der Waals surface area contributed by atoms with Gasteiger partial charge in [-0.3, -0.25) is 5.11 Å². The van der Waals surface area contributed by atoms with Gasteiger partial charge in [-0.25, -0.2) is 5.43 Å². The van der Waals surface area contributed by atoms with Crippen molar-refractivity contribution in [2.45, 2.75) is 0 Å². The molecule has 0 unspecified atom stereocenters. The first-order chi connectivity index (χ1) is 6.24. The van der Waals surface area contributed by atoms with Crippen molar-refractivity contribution in [3.05, 3.63) is 33.7 Å². The monoisotopic (exact) mass is 252 g/mol. The van der Waals surface area contributed by atoms with Crippen LogP contribution in [0, 0.1) is 11.5 Å². The molecular formula is C7H3Cl2KN4. The Morgan fingerprint density at radius 3 is 2.57 bits per heavy atom. The molecule has 0 atom stereocenters. The standard InChI is InChI=1S/C7H3Cl2N4.K/c8-6-2-1-5(3-7(6)9)12-13-11-4-10;/h1-3H;/q-1;+1. The molecule has 1 rings (SSSR count). The number of benzene rings is 1. The summed E-state index contributed by atoms with van der Waals surface area (Å²) in [6.07, 6.45) is 1.47. The van der Waals surface area contributed by atoms with Crippen LogP contribution in [0.4, 0.5) is 5.69 Å². The number of hydrogen-bond donors (Lipinski definition) is 0. The topological polar surface area (TPSA) is 62.6 Å². The summed E-state index contributed by atoms with van der Waals surface area (Å²) in [6.45, 7) is 0. The normalized spacial score (nSPS) is 9.21. The zero-order chi connectivity index (χ0) is 9.68. The van der Waals surface area contributed by atoms with E-state index in [-0.39, 0.29) is 51.4 Å². The van der Waals surface area contributed by atoms with E-state index in [2.05, 4.69) is 15.8 Å². The zero-order valence-corrected chi connectivity index (χ0v) is 11.9. The first-order valence-electron chi connectivity index (χ1n) is 3.19. The van der Waals surface area contributed by atoms with Gasteiger partial charge in [0, 0.05) is 11.9 Å². The Balaban J connectivity index is 0.00000169. The summed E-state index contributed by atoms with van der Waals surface area (Å²) in [6, 6.07) is 4.73. The molecule has 14 heavy (non-hydrogen) atoms. The van der Waals surface area contributed by atoms with E-state index in [1.165, 1.54) is 12.3 Å². The molecule has 0 amide bonds.